The van der Waals surface area contributed by atoms with Crippen molar-refractivity contribution in [3.05, 3.63) is 23.3 Å². The van der Waals surface area contributed by atoms with Gasteiger partial charge in [0.15, 0.2) is 0 Å². The number of hydrogen-bond acceptors (Lipinski definition) is 3. The molecule has 0 saturated carbocycles. The van der Waals surface area contributed by atoms with E-state index in [0.29, 0.717) is 17.8 Å². The molecule has 0 fully saturated rings. The quantitative estimate of drug-likeness (QED) is 0.541. The summed E-state index contributed by atoms with van der Waals surface area (Å²) in [6.45, 7) is 6.25. The molecule has 0 radical (unpaired) electrons. The molecule has 1 rings (SSSR count). The molecule has 0 atom stereocenters. The molecule has 1 aromatic rings. The second-order valence-electron chi connectivity index (χ2n) is 5.61. The van der Waals surface area contributed by atoms with E-state index in [1.54, 1.807) is 13.0 Å². The summed E-state index contributed by atoms with van der Waals surface area (Å²) in [4.78, 5) is 0.230. The van der Waals surface area contributed by atoms with Gasteiger partial charge in [-0.05, 0) is 31.4 Å². The lowest BCUT2D eigenvalue weighted by atomic mass is 10.1. The lowest BCUT2D eigenvalue weighted by Gasteiger charge is -2.13. The van der Waals surface area contributed by atoms with Crippen molar-refractivity contribution in [2.75, 3.05) is 12.3 Å². The SMILES string of the molecule is CCCCCCCCNS(=O)(=O)c1c(C)ccc(C)c1N. The van der Waals surface area contributed by atoms with Crippen LogP contribution in [0.25, 0.3) is 0 Å². The van der Waals surface area contributed by atoms with Gasteiger partial charge >= 0.3 is 0 Å². The van der Waals surface area contributed by atoms with Gasteiger partial charge in [-0.15, -0.1) is 0 Å². The maximum absolute atomic E-state index is 12.4. The number of nitrogens with one attached hydrogen (secondary N) is 1. The number of sulfonamides is 1. The molecule has 4 nitrogen and oxygen atoms in total. The molecule has 0 bridgehead atoms. The van der Waals surface area contributed by atoms with Crippen LogP contribution in [0.1, 0.15) is 56.6 Å². The summed E-state index contributed by atoms with van der Waals surface area (Å²) < 4.78 is 27.4. The highest BCUT2D eigenvalue weighted by Gasteiger charge is 2.20. The molecule has 0 amide bonds. The Morgan fingerprint density at radius 2 is 1.57 bits per heavy atom. The number of unbranched alkanes of at least 4 members (excludes halogenated alkanes) is 5. The minimum Gasteiger partial charge on any atom is -0.397 e. The predicted octanol–water partition coefficient (Wildman–Crippen LogP) is 3.52. The van der Waals surface area contributed by atoms with Crippen molar-refractivity contribution in [3.63, 3.8) is 0 Å². The molecule has 21 heavy (non-hydrogen) atoms. The molecular formula is C16H28N2O2S. The van der Waals surface area contributed by atoms with Gasteiger partial charge in [-0.3, -0.25) is 0 Å². The van der Waals surface area contributed by atoms with Gasteiger partial charge < -0.3 is 5.73 Å². The molecule has 0 aliphatic carbocycles. The van der Waals surface area contributed by atoms with E-state index in [-0.39, 0.29) is 4.90 Å². The third-order valence-electron chi connectivity index (χ3n) is 3.70. The minimum absolute atomic E-state index is 0.230. The highest BCUT2D eigenvalue weighted by Crippen LogP contribution is 2.25. The summed E-state index contributed by atoms with van der Waals surface area (Å²) in [7, 11) is -3.52. The highest BCUT2D eigenvalue weighted by atomic mass is 32.2. The van der Waals surface area contributed by atoms with Gasteiger partial charge in [-0.25, -0.2) is 13.1 Å². The van der Waals surface area contributed by atoms with Gasteiger partial charge in [0.25, 0.3) is 0 Å². The molecule has 3 N–H and O–H groups in total. The van der Waals surface area contributed by atoms with E-state index in [4.69, 9.17) is 5.73 Å². The molecule has 0 heterocycles. The van der Waals surface area contributed by atoms with Crippen molar-refractivity contribution in [2.24, 2.45) is 0 Å². The second-order valence-corrected chi connectivity index (χ2v) is 7.31. The van der Waals surface area contributed by atoms with Gasteiger partial charge in [0, 0.05) is 6.54 Å². The maximum Gasteiger partial charge on any atom is 0.242 e. The highest BCUT2D eigenvalue weighted by molar-refractivity contribution is 7.89. The van der Waals surface area contributed by atoms with Crippen LogP contribution in [0.4, 0.5) is 5.69 Å². The topological polar surface area (TPSA) is 72.2 Å². The summed E-state index contributed by atoms with van der Waals surface area (Å²) in [5.41, 5.74) is 7.77. The molecule has 0 spiro atoms. The first-order valence-corrected chi connectivity index (χ1v) is 9.23. The van der Waals surface area contributed by atoms with Crippen molar-refractivity contribution < 1.29 is 8.42 Å². The number of nitrogen functional groups attached to an aromatic ring is 1. The third kappa shape index (κ3) is 5.32. The molecule has 120 valence electrons. The number of nitrogens with two attached hydrogens (primary N) is 1. The van der Waals surface area contributed by atoms with Crippen LogP contribution in [-0.4, -0.2) is 15.0 Å². The summed E-state index contributed by atoms with van der Waals surface area (Å²) in [5.74, 6) is 0. The van der Waals surface area contributed by atoms with Crippen molar-refractivity contribution in [3.8, 4) is 0 Å². The largest absolute Gasteiger partial charge is 0.397 e. The zero-order valence-corrected chi connectivity index (χ0v) is 14.2. The smallest absolute Gasteiger partial charge is 0.242 e. The van der Waals surface area contributed by atoms with Gasteiger partial charge in [0.2, 0.25) is 10.0 Å². The van der Waals surface area contributed by atoms with E-state index in [9.17, 15) is 8.42 Å². The Morgan fingerprint density at radius 3 is 2.24 bits per heavy atom. The van der Waals surface area contributed by atoms with Crippen LogP contribution in [0.2, 0.25) is 0 Å². The molecule has 0 aliphatic rings. The monoisotopic (exact) mass is 312 g/mol. The summed E-state index contributed by atoms with van der Waals surface area (Å²) in [5, 5.41) is 0. The van der Waals surface area contributed by atoms with Crippen LogP contribution >= 0.6 is 0 Å². The fourth-order valence-corrected chi connectivity index (χ4v) is 3.85. The normalized spacial score (nSPS) is 11.8. The number of rotatable bonds is 9. The van der Waals surface area contributed by atoms with Gasteiger partial charge in [-0.2, -0.15) is 0 Å². The zero-order chi connectivity index (χ0) is 15.9. The summed E-state index contributed by atoms with van der Waals surface area (Å²) in [6.07, 6.45) is 6.80. The Bertz CT molecular complexity index is 554. The fourth-order valence-electron chi connectivity index (χ4n) is 2.35. The van der Waals surface area contributed by atoms with Crippen LogP contribution in [-0.2, 0) is 10.0 Å². The first kappa shape index (κ1) is 18.0. The van der Waals surface area contributed by atoms with E-state index in [0.717, 1.165) is 18.4 Å². The average molecular weight is 312 g/mol. The maximum atomic E-state index is 12.4. The van der Waals surface area contributed by atoms with Crippen LogP contribution in [0.3, 0.4) is 0 Å². The third-order valence-corrected chi connectivity index (χ3v) is 5.37. The molecule has 1 aromatic carbocycles. The number of anilines is 1. The Morgan fingerprint density at radius 1 is 1.00 bits per heavy atom. The van der Waals surface area contributed by atoms with Crippen molar-refractivity contribution >= 4 is 15.7 Å². The summed E-state index contributed by atoms with van der Waals surface area (Å²) >= 11 is 0. The zero-order valence-electron chi connectivity index (χ0n) is 13.4. The standard InChI is InChI=1S/C16H28N2O2S/c1-4-5-6-7-8-9-12-18-21(19,20)16-14(3)11-10-13(2)15(16)17/h10-11,18H,4-9,12,17H2,1-3H3. The first-order valence-electron chi connectivity index (χ1n) is 7.75. The van der Waals surface area contributed by atoms with Gasteiger partial charge in [-0.1, -0.05) is 51.2 Å². The van der Waals surface area contributed by atoms with E-state index in [1.807, 2.05) is 13.0 Å². The number of benzene rings is 1. The van der Waals surface area contributed by atoms with Gasteiger partial charge in [0.05, 0.1) is 5.69 Å². The second kappa shape index (κ2) is 8.39. The van der Waals surface area contributed by atoms with Crippen LogP contribution in [0.5, 0.6) is 0 Å². The Labute approximate surface area is 129 Å². The van der Waals surface area contributed by atoms with E-state index in [2.05, 4.69) is 11.6 Å². The molecule has 0 aromatic heterocycles. The Kier molecular flexibility index (Phi) is 7.18. The molecular weight excluding hydrogens is 284 g/mol. The number of hydrogen-bond donors (Lipinski definition) is 2. The van der Waals surface area contributed by atoms with Crippen molar-refractivity contribution in [2.45, 2.75) is 64.2 Å². The van der Waals surface area contributed by atoms with Crippen LogP contribution in [0.15, 0.2) is 17.0 Å². The number of aryl methyl sites for hydroxylation is 2. The lowest BCUT2D eigenvalue weighted by Crippen LogP contribution is -2.26. The predicted molar refractivity (Wildman–Crippen MR) is 88.9 cm³/mol. The fraction of sp³-hybridized carbons (Fsp3) is 0.625. The Balaban J connectivity index is 2.57. The molecule has 0 aliphatic heterocycles. The van der Waals surface area contributed by atoms with Gasteiger partial charge in [0.1, 0.15) is 4.90 Å². The first-order chi connectivity index (χ1) is 9.90. The van der Waals surface area contributed by atoms with E-state index < -0.39 is 10.0 Å². The summed E-state index contributed by atoms with van der Waals surface area (Å²) in [6, 6.07) is 3.64. The molecule has 5 heteroatoms. The van der Waals surface area contributed by atoms with E-state index >= 15 is 0 Å². The lowest BCUT2D eigenvalue weighted by molar-refractivity contribution is 0.567. The molecule has 0 saturated heterocycles. The van der Waals surface area contributed by atoms with Crippen LogP contribution < -0.4 is 10.5 Å². The average Bonchev–Trinajstić information content (AvgIpc) is 2.42. The molecule has 0 unspecified atom stereocenters. The Hall–Kier alpha value is -1.07. The minimum atomic E-state index is -3.52. The van der Waals surface area contributed by atoms with Crippen molar-refractivity contribution in [1.82, 2.24) is 4.72 Å². The van der Waals surface area contributed by atoms with Crippen molar-refractivity contribution in [1.29, 1.82) is 0 Å². The van der Waals surface area contributed by atoms with E-state index in [1.165, 1.54) is 25.7 Å². The van der Waals surface area contributed by atoms with Crippen LogP contribution in [0, 0.1) is 13.8 Å².